The predicted molar refractivity (Wildman–Crippen MR) is 73.4 cm³/mol. The Bertz CT molecular complexity index is 350. The summed E-state index contributed by atoms with van der Waals surface area (Å²) < 4.78 is 5.77. The summed E-state index contributed by atoms with van der Waals surface area (Å²) in [6.07, 6.45) is 2.41. The van der Waals surface area contributed by atoms with Crippen LogP contribution in [0.3, 0.4) is 0 Å². The third-order valence-electron chi connectivity index (χ3n) is 3.87. The van der Waals surface area contributed by atoms with Gasteiger partial charge in [0.2, 0.25) is 0 Å². The highest BCUT2D eigenvalue weighted by atomic mass is 16.3. The van der Waals surface area contributed by atoms with Crippen LogP contribution in [0.25, 0.3) is 0 Å². The highest BCUT2D eigenvalue weighted by molar-refractivity contribution is 5.34. The summed E-state index contributed by atoms with van der Waals surface area (Å²) in [4.78, 5) is 0. The van der Waals surface area contributed by atoms with Gasteiger partial charge in [-0.15, -0.1) is 0 Å². The van der Waals surface area contributed by atoms with Crippen molar-refractivity contribution in [2.75, 3.05) is 6.54 Å². The first-order valence-corrected chi connectivity index (χ1v) is 6.86. The number of hydrogen-bond acceptors (Lipinski definition) is 2. The van der Waals surface area contributed by atoms with E-state index in [1.54, 1.807) is 0 Å². The van der Waals surface area contributed by atoms with Crippen LogP contribution in [-0.2, 0) is 0 Å². The Balaban J connectivity index is 3.12. The molecule has 0 aliphatic carbocycles. The van der Waals surface area contributed by atoms with Gasteiger partial charge < -0.3 is 9.73 Å². The van der Waals surface area contributed by atoms with Crippen molar-refractivity contribution in [2.24, 2.45) is 5.92 Å². The van der Waals surface area contributed by atoms with Crippen LogP contribution in [0.5, 0.6) is 0 Å². The van der Waals surface area contributed by atoms with Gasteiger partial charge in [-0.05, 0) is 38.8 Å². The van der Waals surface area contributed by atoms with Crippen molar-refractivity contribution < 1.29 is 4.42 Å². The lowest BCUT2D eigenvalue weighted by Gasteiger charge is -2.26. The lowest BCUT2D eigenvalue weighted by atomic mass is 9.87. The molecule has 1 atom stereocenters. The van der Waals surface area contributed by atoms with Crippen molar-refractivity contribution in [3.63, 3.8) is 0 Å². The molecule has 0 saturated carbocycles. The van der Waals surface area contributed by atoms with E-state index >= 15 is 0 Å². The molecular weight excluding hydrogens is 210 g/mol. The van der Waals surface area contributed by atoms with Crippen LogP contribution in [0, 0.1) is 26.7 Å². The lowest BCUT2D eigenvalue weighted by molar-refractivity contribution is 0.341. The minimum atomic E-state index is 0.437. The highest BCUT2D eigenvalue weighted by Crippen LogP contribution is 2.34. The fourth-order valence-corrected chi connectivity index (χ4v) is 2.75. The zero-order chi connectivity index (χ0) is 13.0. The minimum Gasteiger partial charge on any atom is -0.466 e. The van der Waals surface area contributed by atoms with Gasteiger partial charge in [0.25, 0.3) is 0 Å². The van der Waals surface area contributed by atoms with Gasteiger partial charge in [0.1, 0.15) is 11.5 Å². The van der Waals surface area contributed by atoms with Gasteiger partial charge in [0, 0.05) is 11.6 Å². The van der Waals surface area contributed by atoms with Crippen LogP contribution in [0.4, 0.5) is 0 Å². The molecule has 0 amide bonds. The SMILES string of the molecule is CCNC(c1c(C)oc(C)c1C)C(CC)CC. The molecule has 2 heteroatoms. The van der Waals surface area contributed by atoms with Gasteiger partial charge in [-0.3, -0.25) is 0 Å². The van der Waals surface area contributed by atoms with E-state index in [2.05, 4.69) is 46.9 Å². The largest absolute Gasteiger partial charge is 0.466 e. The smallest absolute Gasteiger partial charge is 0.106 e. The predicted octanol–water partition coefficient (Wildman–Crippen LogP) is 4.29. The quantitative estimate of drug-likeness (QED) is 0.798. The lowest BCUT2D eigenvalue weighted by Crippen LogP contribution is -2.28. The van der Waals surface area contributed by atoms with Crippen LogP contribution in [0.1, 0.15) is 62.3 Å². The van der Waals surface area contributed by atoms with Crippen molar-refractivity contribution >= 4 is 0 Å². The normalized spacial score (nSPS) is 13.4. The second kappa shape index (κ2) is 6.25. The number of nitrogens with one attached hydrogen (secondary N) is 1. The van der Waals surface area contributed by atoms with Crippen LogP contribution in [-0.4, -0.2) is 6.54 Å². The van der Waals surface area contributed by atoms with Crippen molar-refractivity contribution in [2.45, 2.75) is 60.4 Å². The molecule has 1 aromatic rings. The maximum atomic E-state index is 5.77. The van der Waals surface area contributed by atoms with E-state index in [0.717, 1.165) is 18.1 Å². The average molecular weight is 237 g/mol. The van der Waals surface area contributed by atoms with Crippen molar-refractivity contribution in [1.82, 2.24) is 5.32 Å². The van der Waals surface area contributed by atoms with Crippen molar-refractivity contribution in [3.05, 3.63) is 22.6 Å². The van der Waals surface area contributed by atoms with Gasteiger partial charge in [-0.25, -0.2) is 0 Å². The Morgan fingerprint density at radius 1 is 1.00 bits per heavy atom. The Morgan fingerprint density at radius 2 is 1.59 bits per heavy atom. The number of rotatable bonds is 6. The molecule has 0 spiro atoms. The molecule has 1 unspecified atom stereocenters. The summed E-state index contributed by atoms with van der Waals surface area (Å²) in [5.74, 6) is 2.83. The number of aryl methyl sites for hydroxylation is 2. The molecule has 2 nitrogen and oxygen atoms in total. The maximum absolute atomic E-state index is 5.77. The van der Waals surface area contributed by atoms with E-state index in [4.69, 9.17) is 4.42 Å². The summed E-state index contributed by atoms with van der Waals surface area (Å²) in [6, 6.07) is 0.437. The summed E-state index contributed by atoms with van der Waals surface area (Å²) in [6.45, 7) is 14.0. The van der Waals surface area contributed by atoms with Crippen molar-refractivity contribution in [1.29, 1.82) is 0 Å². The van der Waals surface area contributed by atoms with Crippen LogP contribution in [0.2, 0.25) is 0 Å². The third kappa shape index (κ3) is 2.92. The molecule has 0 aliphatic heterocycles. The molecule has 0 radical (unpaired) electrons. The van der Waals surface area contributed by atoms with E-state index in [0.29, 0.717) is 12.0 Å². The summed E-state index contributed by atoms with van der Waals surface area (Å²) in [5.41, 5.74) is 2.71. The van der Waals surface area contributed by atoms with E-state index in [-0.39, 0.29) is 0 Å². The van der Waals surface area contributed by atoms with Gasteiger partial charge in [0.15, 0.2) is 0 Å². The Kier molecular flexibility index (Phi) is 5.26. The Morgan fingerprint density at radius 3 is 1.94 bits per heavy atom. The molecule has 1 heterocycles. The molecule has 1 aromatic heterocycles. The topological polar surface area (TPSA) is 25.2 Å². The summed E-state index contributed by atoms with van der Waals surface area (Å²) in [5, 5.41) is 3.64. The van der Waals surface area contributed by atoms with E-state index < -0.39 is 0 Å². The molecular formula is C15H27NO. The monoisotopic (exact) mass is 237 g/mol. The first-order chi connectivity index (χ1) is 8.06. The highest BCUT2D eigenvalue weighted by Gasteiger charge is 2.25. The molecule has 0 aliphatic rings. The zero-order valence-corrected chi connectivity index (χ0v) is 12.2. The second-order valence-electron chi connectivity index (χ2n) is 4.87. The van der Waals surface area contributed by atoms with Crippen LogP contribution in [0.15, 0.2) is 4.42 Å². The molecule has 0 bridgehead atoms. The molecule has 1 rings (SSSR count). The number of hydrogen-bond donors (Lipinski definition) is 1. The zero-order valence-electron chi connectivity index (χ0n) is 12.2. The van der Waals surface area contributed by atoms with Crippen molar-refractivity contribution in [3.8, 4) is 0 Å². The number of furan rings is 1. The fourth-order valence-electron chi connectivity index (χ4n) is 2.75. The first-order valence-electron chi connectivity index (χ1n) is 6.86. The van der Waals surface area contributed by atoms with Gasteiger partial charge in [-0.2, -0.15) is 0 Å². The maximum Gasteiger partial charge on any atom is 0.106 e. The molecule has 0 aromatic carbocycles. The van der Waals surface area contributed by atoms with Crippen LogP contribution >= 0.6 is 0 Å². The standard InChI is InChI=1S/C15H27NO/c1-7-13(8-2)15(16-9-3)14-10(4)11(5)17-12(14)6/h13,15-16H,7-9H2,1-6H3. The van der Waals surface area contributed by atoms with Gasteiger partial charge in [-0.1, -0.05) is 33.6 Å². The van der Waals surface area contributed by atoms with Gasteiger partial charge >= 0.3 is 0 Å². The summed E-state index contributed by atoms with van der Waals surface area (Å²) >= 11 is 0. The fraction of sp³-hybridized carbons (Fsp3) is 0.733. The third-order valence-corrected chi connectivity index (χ3v) is 3.87. The van der Waals surface area contributed by atoms with E-state index in [9.17, 15) is 0 Å². The Hall–Kier alpha value is -0.760. The molecule has 17 heavy (non-hydrogen) atoms. The Labute approximate surface area is 106 Å². The molecule has 0 saturated heterocycles. The van der Waals surface area contributed by atoms with E-state index in [1.165, 1.54) is 24.0 Å². The molecule has 1 N–H and O–H groups in total. The molecule has 98 valence electrons. The second-order valence-corrected chi connectivity index (χ2v) is 4.87. The molecule has 0 fully saturated rings. The van der Waals surface area contributed by atoms with Gasteiger partial charge in [0.05, 0.1) is 0 Å². The average Bonchev–Trinajstić information content (AvgIpc) is 2.54. The summed E-state index contributed by atoms with van der Waals surface area (Å²) in [7, 11) is 0. The van der Waals surface area contributed by atoms with E-state index in [1.807, 2.05) is 0 Å². The minimum absolute atomic E-state index is 0.437. The van der Waals surface area contributed by atoms with Crippen LogP contribution < -0.4 is 5.32 Å². The first kappa shape index (κ1) is 14.3.